The molecule has 1 atom stereocenters. The van der Waals surface area contributed by atoms with Crippen molar-refractivity contribution >= 4 is 0 Å². The summed E-state index contributed by atoms with van der Waals surface area (Å²) in [4.78, 5) is 2.05. The fourth-order valence-electron chi connectivity index (χ4n) is 2.33. The van der Waals surface area contributed by atoms with Gasteiger partial charge in [0.2, 0.25) is 0 Å². The predicted octanol–water partition coefficient (Wildman–Crippen LogP) is 3.18. The zero-order valence-electron chi connectivity index (χ0n) is 12.2. The van der Waals surface area contributed by atoms with Crippen molar-refractivity contribution in [3.63, 3.8) is 0 Å². The Bertz CT molecular complexity index is 465. The summed E-state index contributed by atoms with van der Waals surface area (Å²) in [5.41, 5.74) is 1.08. The molecule has 0 bridgehead atoms. The topological polar surface area (TPSA) is 21.7 Å². The molecule has 0 spiro atoms. The molecular formula is C15H21F2NO2. The molecule has 0 amide bonds. The lowest BCUT2D eigenvalue weighted by molar-refractivity contribution is 0.0944. The highest BCUT2D eigenvalue weighted by Gasteiger charge is 2.55. The van der Waals surface area contributed by atoms with Gasteiger partial charge in [0, 0.05) is 18.9 Å². The molecule has 1 aromatic rings. The predicted molar refractivity (Wildman–Crippen MR) is 73.6 cm³/mol. The van der Waals surface area contributed by atoms with Crippen LogP contribution < -0.4 is 9.47 Å². The van der Waals surface area contributed by atoms with E-state index in [9.17, 15) is 8.78 Å². The number of hydrogen-bond donors (Lipinski definition) is 0. The largest absolute Gasteiger partial charge is 0.493 e. The van der Waals surface area contributed by atoms with Gasteiger partial charge in [-0.3, -0.25) is 0 Å². The minimum atomic E-state index is -2.41. The van der Waals surface area contributed by atoms with Gasteiger partial charge in [-0.25, -0.2) is 8.78 Å². The molecule has 0 radical (unpaired) electrons. The average Bonchev–Trinajstić information content (AvgIpc) is 3.04. The molecule has 20 heavy (non-hydrogen) atoms. The maximum atomic E-state index is 12.8. The summed E-state index contributed by atoms with van der Waals surface area (Å²) in [6.07, 6.45) is 0.605. The molecule has 1 aliphatic carbocycles. The third kappa shape index (κ3) is 3.60. The molecule has 3 nitrogen and oxygen atoms in total. The molecule has 1 aliphatic rings. The van der Waals surface area contributed by atoms with E-state index in [1.807, 2.05) is 25.2 Å². The lowest BCUT2D eigenvalue weighted by Crippen LogP contribution is -2.20. The average molecular weight is 285 g/mol. The first-order valence-electron chi connectivity index (χ1n) is 6.73. The van der Waals surface area contributed by atoms with Crippen molar-refractivity contribution in [2.45, 2.75) is 25.3 Å². The normalized spacial score (nSPS) is 20.0. The number of hydrogen-bond acceptors (Lipinski definition) is 3. The van der Waals surface area contributed by atoms with Gasteiger partial charge in [-0.2, -0.15) is 0 Å². The number of methoxy groups -OCH3 is 2. The first-order chi connectivity index (χ1) is 9.46. The molecule has 1 fully saturated rings. The van der Waals surface area contributed by atoms with Gasteiger partial charge in [0.1, 0.15) is 0 Å². The lowest BCUT2D eigenvalue weighted by Gasteiger charge is -2.17. The van der Waals surface area contributed by atoms with E-state index in [0.717, 1.165) is 5.56 Å². The zero-order chi connectivity index (χ0) is 14.8. The Balaban J connectivity index is 1.86. The second kappa shape index (κ2) is 5.95. The van der Waals surface area contributed by atoms with Gasteiger partial charge in [-0.1, -0.05) is 6.07 Å². The van der Waals surface area contributed by atoms with E-state index < -0.39 is 11.8 Å². The summed E-state index contributed by atoms with van der Waals surface area (Å²) in [6.45, 7) is 1.38. The van der Waals surface area contributed by atoms with Gasteiger partial charge in [-0.15, -0.1) is 0 Å². The number of halogens is 2. The second-order valence-electron chi connectivity index (χ2n) is 5.38. The first-order valence-corrected chi connectivity index (χ1v) is 6.73. The second-order valence-corrected chi connectivity index (χ2v) is 5.38. The summed E-state index contributed by atoms with van der Waals surface area (Å²) >= 11 is 0. The van der Waals surface area contributed by atoms with Crippen LogP contribution in [0.4, 0.5) is 8.78 Å². The van der Waals surface area contributed by atoms with Crippen molar-refractivity contribution in [2.75, 3.05) is 27.8 Å². The van der Waals surface area contributed by atoms with Crippen molar-refractivity contribution in [1.29, 1.82) is 0 Å². The summed E-state index contributed by atoms with van der Waals surface area (Å²) in [7, 11) is 5.14. The Labute approximate surface area is 118 Å². The van der Waals surface area contributed by atoms with Crippen LogP contribution in [0.2, 0.25) is 0 Å². The molecular weight excluding hydrogens is 264 g/mol. The number of rotatable bonds is 7. The van der Waals surface area contributed by atoms with Crippen molar-refractivity contribution in [3.8, 4) is 11.5 Å². The molecule has 2 rings (SSSR count). The number of benzene rings is 1. The standard InChI is InChI=1S/C15H21F2NO2/c1-18(7-6-12-9-15(12,16)17)10-11-4-5-13(19-2)14(8-11)20-3/h4-5,8,12H,6-7,9-10H2,1-3H3. The highest BCUT2D eigenvalue weighted by atomic mass is 19.3. The van der Waals surface area contributed by atoms with Crippen LogP contribution in [0.15, 0.2) is 18.2 Å². The van der Waals surface area contributed by atoms with Crippen LogP contribution in [-0.2, 0) is 6.54 Å². The van der Waals surface area contributed by atoms with Crippen LogP contribution in [-0.4, -0.2) is 38.6 Å². The summed E-state index contributed by atoms with van der Waals surface area (Å²) < 4.78 is 36.0. The zero-order valence-corrected chi connectivity index (χ0v) is 12.2. The van der Waals surface area contributed by atoms with Gasteiger partial charge >= 0.3 is 0 Å². The van der Waals surface area contributed by atoms with E-state index in [4.69, 9.17) is 9.47 Å². The SMILES string of the molecule is COc1ccc(CN(C)CCC2CC2(F)F)cc1OC. The van der Waals surface area contributed by atoms with Crippen LogP contribution in [0.1, 0.15) is 18.4 Å². The third-order valence-electron chi connectivity index (χ3n) is 3.72. The Morgan fingerprint density at radius 3 is 2.45 bits per heavy atom. The van der Waals surface area contributed by atoms with E-state index in [0.29, 0.717) is 31.0 Å². The van der Waals surface area contributed by atoms with Crippen LogP contribution in [0.5, 0.6) is 11.5 Å². The highest BCUT2D eigenvalue weighted by molar-refractivity contribution is 5.42. The number of nitrogens with zero attached hydrogens (tertiary/aromatic N) is 1. The van der Waals surface area contributed by atoms with Crippen LogP contribution in [0.3, 0.4) is 0 Å². The monoisotopic (exact) mass is 285 g/mol. The quantitative estimate of drug-likeness (QED) is 0.768. The van der Waals surface area contributed by atoms with Crippen LogP contribution in [0.25, 0.3) is 0 Å². The van der Waals surface area contributed by atoms with Gasteiger partial charge in [0.15, 0.2) is 11.5 Å². The van der Waals surface area contributed by atoms with Gasteiger partial charge in [0.25, 0.3) is 5.92 Å². The Hall–Kier alpha value is -1.36. The smallest absolute Gasteiger partial charge is 0.251 e. The van der Waals surface area contributed by atoms with E-state index in [2.05, 4.69) is 4.90 Å². The molecule has 0 aliphatic heterocycles. The minimum absolute atomic E-state index is 0.0528. The van der Waals surface area contributed by atoms with E-state index >= 15 is 0 Å². The number of alkyl halides is 2. The Morgan fingerprint density at radius 2 is 1.90 bits per heavy atom. The molecule has 1 saturated carbocycles. The summed E-state index contributed by atoms with van der Waals surface area (Å²) in [5, 5.41) is 0. The molecule has 1 aromatic carbocycles. The molecule has 0 saturated heterocycles. The Morgan fingerprint density at radius 1 is 1.25 bits per heavy atom. The fraction of sp³-hybridized carbons (Fsp3) is 0.600. The van der Waals surface area contributed by atoms with Gasteiger partial charge in [0.05, 0.1) is 14.2 Å². The fourth-order valence-corrected chi connectivity index (χ4v) is 2.33. The van der Waals surface area contributed by atoms with Gasteiger partial charge < -0.3 is 14.4 Å². The third-order valence-corrected chi connectivity index (χ3v) is 3.72. The molecule has 0 aromatic heterocycles. The minimum Gasteiger partial charge on any atom is -0.493 e. The maximum Gasteiger partial charge on any atom is 0.251 e. The van der Waals surface area contributed by atoms with Crippen molar-refractivity contribution in [3.05, 3.63) is 23.8 Å². The lowest BCUT2D eigenvalue weighted by atomic mass is 10.2. The molecule has 0 heterocycles. The van der Waals surface area contributed by atoms with Crippen molar-refractivity contribution in [1.82, 2.24) is 4.90 Å². The summed E-state index contributed by atoms with van der Waals surface area (Å²) in [6, 6.07) is 5.74. The van der Waals surface area contributed by atoms with Gasteiger partial charge in [-0.05, 0) is 37.7 Å². The Kier molecular flexibility index (Phi) is 4.48. The summed E-state index contributed by atoms with van der Waals surface area (Å²) in [5.74, 6) is -1.46. The van der Waals surface area contributed by atoms with E-state index in [1.54, 1.807) is 14.2 Å². The molecule has 112 valence electrons. The number of ether oxygens (including phenoxy) is 2. The molecule has 0 N–H and O–H groups in total. The van der Waals surface area contributed by atoms with Crippen molar-refractivity contribution < 1.29 is 18.3 Å². The maximum absolute atomic E-state index is 12.8. The van der Waals surface area contributed by atoms with E-state index in [1.165, 1.54) is 0 Å². The molecule has 5 heteroatoms. The first kappa shape index (κ1) is 15.0. The van der Waals surface area contributed by atoms with Crippen LogP contribution in [0, 0.1) is 5.92 Å². The van der Waals surface area contributed by atoms with Crippen molar-refractivity contribution in [2.24, 2.45) is 5.92 Å². The highest BCUT2D eigenvalue weighted by Crippen LogP contribution is 2.50. The van der Waals surface area contributed by atoms with Crippen LogP contribution >= 0.6 is 0 Å². The van der Waals surface area contributed by atoms with E-state index in [-0.39, 0.29) is 6.42 Å². The molecule has 1 unspecified atom stereocenters.